The lowest BCUT2D eigenvalue weighted by molar-refractivity contribution is -0.0968. The highest BCUT2D eigenvalue weighted by Crippen LogP contribution is 2.51. The van der Waals surface area contributed by atoms with E-state index in [2.05, 4.69) is 20.2 Å². The SMILES string of the molecule is CC.Cc1ncc(CN2CC3(CC(CNC(=O)c4cc(F)cc(Cl)c4)C3)C2)cn1. The van der Waals surface area contributed by atoms with Crippen LogP contribution < -0.4 is 5.32 Å². The molecule has 0 radical (unpaired) electrons. The molecule has 1 aromatic heterocycles. The summed E-state index contributed by atoms with van der Waals surface area (Å²) in [5.41, 5.74) is 1.82. The summed E-state index contributed by atoms with van der Waals surface area (Å²) in [5.74, 6) is 0.516. The van der Waals surface area contributed by atoms with Crippen molar-refractivity contribution in [1.29, 1.82) is 0 Å². The minimum absolute atomic E-state index is 0.233. The van der Waals surface area contributed by atoms with Crippen molar-refractivity contribution in [2.75, 3.05) is 19.6 Å². The van der Waals surface area contributed by atoms with Crippen LogP contribution in [0.5, 0.6) is 0 Å². The zero-order valence-corrected chi connectivity index (χ0v) is 18.0. The summed E-state index contributed by atoms with van der Waals surface area (Å²) < 4.78 is 13.4. The van der Waals surface area contributed by atoms with E-state index in [9.17, 15) is 9.18 Å². The highest BCUT2D eigenvalue weighted by molar-refractivity contribution is 6.31. The van der Waals surface area contributed by atoms with Gasteiger partial charge in [0.05, 0.1) is 0 Å². The van der Waals surface area contributed by atoms with E-state index in [1.807, 2.05) is 33.2 Å². The lowest BCUT2D eigenvalue weighted by Crippen LogP contribution is -2.62. The van der Waals surface area contributed by atoms with Gasteiger partial charge < -0.3 is 5.32 Å². The minimum Gasteiger partial charge on any atom is -0.352 e. The number of carbonyl (C=O) groups is 1. The summed E-state index contributed by atoms with van der Waals surface area (Å²) in [5, 5.41) is 3.14. The van der Waals surface area contributed by atoms with E-state index in [1.165, 1.54) is 18.2 Å². The number of nitrogens with zero attached hydrogens (tertiary/aromatic N) is 3. The van der Waals surface area contributed by atoms with Gasteiger partial charge in [0, 0.05) is 54.7 Å². The number of rotatable bonds is 5. The molecule has 156 valence electrons. The molecule has 5 nitrogen and oxygen atoms in total. The van der Waals surface area contributed by atoms with E-state index in [4.69, 9.17) is 11.6 Å². The second kappa shape index (κ2) is 9.18. The standard InChI is InChI=1S/C20H22ClFN4O.C2H6/c1-13-23-8-15(9-24-13)10-26-11-20(12-26)5-14(6-20)7-25-19(27)16-2-17(21)4-18(22)3-16;1-2/h2-4,8-9,14H,5-7,10-12H2,1H3,(H,25,27);1-2H3. The van der Waals surface area contributed by atoms with Crippen LogP contribution in [-0.4, -0.2) is 40.4 Å². The molecule has 2 aliphatic rings. The summed E-state index contributed by atoms with van der Waals surface area (Å²) in [6, 6.07) is 3.89. The molecule has 2 heterocycles. The smallest absolute Gasteiger partial charge is 0.251 e. The van der Waals surface area contributed by atoms with Crippen LogP contribution in [0.1, 0.15) is 48.4 Å². The van der Waals surface area contributed by atoms with E-state index in [0.29, 0.717) is 17.9 Å². The summed E-state index contributed by atoms with van der Waals surface area (Å²) in [4.78, 5) is 23.1. The molecule has 4 rings (SSSR count). The Kier molecular flexibility index (Phi) is 6.85. The van der Waals surface area contributed by atoms with Crippen molar-refractivity contribution in [2.24, 2.45) is 11.3 Å². The van der Waals surface area contributed by atoms with Gasteiger partial charge in [-0.25, -0.2) is 14.4 Å². The first kappa shape index (κ1) is 21.7. The van der Waals surface area contributed by atoms with Crippen molar-refractivity contribution < 1.29 is 9.18 Å². The maximum absolute atomic E-state index is 13.4. The van der Waals surface area contributed by atoms with Gasteiger partial charge in [-0.15, -0.1) is 0 Å². The normalized spacial score (nSPS) is 17.7. The van der Waals surface area contributed by atoms with E-state index in [1.54, 1.807) is 0 Å². The lowest BCUT2D eigenvalue weighted by Gasteiger charge is -2.59. The fourth-order valence-corrected chi connectivity index (χ4v) is 4.59. The Bertz CT molecular complexity index is 824. The van der Waals surface area contributed by atoms with E-state index in [-0.39, 0.29) is 16.5 Å². The number of amides is 1. The average Bonchev–Trinajstić information content (AvgIpc) is 2.64. The number of carbonyl (C=O) groups excluding carboxylic acids is 1. The van der Waals surface area contributed by atoms with Crippen LogP contribution in [-0.2, 0) is 6.54 Å². The summed E-state index contributed by atoms with van der Waals surface area (Å²) in [6.07, 6.45) is 6.03. The minimum atomic E-state index is -0.496. The molecule has 1 aromatic carbocycles. The third-order valence-electron chi connectivity index (χ3n) is 5.48. The fraction of sp³-hybridized carbons (Fsp3) is 0.500. The number of aromatic nitrogens is 2. The highest BCUT2D eigenvalue weighted by atomic mass is 35.5. The number of nitrogens with one attached hydrogen (secondary N) is 1. The Labute approximate surface area is 176 Å². The molecule has 1 saturated carbocycles. The second-order valence-corrected chi connectivity index (χ2v) is 8.36. The number of likely N-dealkylation sites (tertiary alicyclic amines) is 1. The molecule has 1 aliphatic heterocycles. The van der Waals surface area contributed by atoms with Gasteiger partial charge in [-0.1, -0.05) is 25.4 Å². The van der Waals surface area contributed by atoms with Gasteiger partial charge in [0.2, 0.25) is 0 Å². The predicted molar refractivity (Wildman–Crippen MR) is 112 cm³/mol. The molecular weight excluding hydrogens is 391 g/mol. The topological polar surface area (TPSA) is 58.1 Å². The first-order valence-electron chi connectivity index (χ1n) is 10.1. The number of halogens is 2. The largest absolute Gasteiger partial charge is 0.352 e. The van der Waals surface area contributed by atoms with Crippen molar-refractivity contribution >= 4 is 17.5 Å². The van der Waals surface area contributed by atoms with Gasteiger partial charge in [0.25, 0.3) is 5.91 Å². The van der Waals surface area contributed by atoms with Gasteiger partial charge in [0.15, 0.2) is 0 Å². The van der Waals surface area contributed by atoms with Crippen molar-refractivity contribution in [1.82, 2.24) is 20.2 Å². The molecule has 0 atom stereocenters. The molecule has 1 N–H and O–H groups in total. The zero-order valence-electron chi connectivity index (χ0n) is 17.2. The van der Waals surface area contributed by atoms with Crippen LogP contribution in [0.2, 0.25) is 5.02 Å². The number of benzene rings is 1. The van der Waals surface area contributed by atoms with Gasteiger partial charge in [0.1, 0.15) is 11.6 Å². The Morgan fingerprint density at radius 3 is 2.52 bits per heavy atom. The fourth-order valence-electron chi connectivity index (χ4n) is 4.36. The molecule has 1 amide bonds. The summed E-state index contributed by atoms with van der Waals surface area (Å²) in [6.45, 7) is 9.58. The van der Waals surface area contributed by atoms with Crippen molar-refractivity contribution in [3.63, 3.8) is 0 Å². The molecule has 2 fully saturated rings. The van der Waals surface area contributed by atoms with E-state index < -0.39 is 5.82 Å². The predicted octanol–water partition coefficient (Wildman–Crippen LogP) is 4.25. The Balaban J connectivity index is 0.00000117. The van der Waals surface area contributed by atoms with Crippen LogP contribution in [0.15, 0.2) is 30.6 Å². The maximum atomic E-state index is 13.4. The second-order valence-electron chi connectivity index (χ2n) is 7.93. The molecule has 2 aromatic rings. The van der Waals surface area contributed by atoms with Gasteiger partial charge >= 0.3 is 0 Å². The lowest BCUT2D eigenvalue weighted by atomic mass is 9.57. The van der Waals surface area contributed by atoms with Crippen LogP contribution >= 0.6 is 11.6 Å². The molecule has 1 aliphatic carbocycles. The van der Waals surface area contributed by atoms with Crippen LogP contribution in [0.4, 0.5) is 4.39 Å². The zero-order chi connectivity index (χ0) is 21.0. The van der Waals surface area contributed by atoms with E-state index in [0.717, 1.165) is 43.9 Å². The Hall–Kier alpha value is -2.05. The summed E-state index contributed by atoms with van der Waals surface area (Å²) in [7, 11) is 0. The van der Waals surface area contributed by atoms with Crippen molar-refractivity contribution in [3.05, 3.63) is 58.4 Å². The summed E-state index contributed by atoms with van der Waals surface area (Å²) >= 11 is 5.81. The molecule has 7 heteroatoms. The number of hydrogen-bond acceptors (Lipinski definition) is 4. The molecular formula is C22H28ClFN4O. The van der Waals surface area contributed by atoms with Crippen molar-refractivity contribution in [2.45, 2.75) is 40.2 Å². The number of aryl methyl sites for hydroxylation is 1. The number of hydrogen-bond donors (Lipinski definition) is 1. The molecule has 1 spiro atoms. The first-order valence-corrected chi connectivity index (χ1v) is 10.5. The third-order valence-corrected chi connectivity index (χ3v) is 5.70. The van der Waals surface area contributed by atoms with Gasteiger partial charge in [-0.05, 0) is 49.3 Å². The third kappa shape index (κ3) is 5.31. The van der Waals surface area contributed by atoms with E-state index >= 15 is 0 Å². The average molecular weight is 419 g/mol. The van der Waals surface area contributed by atoms with Gasteiger partial charge in [-0.3, -0.25) is 9.69 Å². The van der Waals surface area contributed by atoms with Gasteiger partial charge in [-0.2, -0.15) is 0 Å². The molecule has 29 heavy (non-hydrogen) atoms. The van der Waals surface area contributed by atoms with Crippen molar-refractivity contribution in [3.8, 4) is 0 Å². The van der Waals surface area contributed by atoms with Crippen LogP contribution in [0.3, 0.4) is 0 Å². The van der Waals surface area contributed by atoms with Crippen LogP contribution in [0.25, 0.3) is 0 Å². The Morgan fingerprint density at radius 2 is 1.90 bits per heavy atom. The molecule has 0 unspecified atom stereocenters. The molecule has 0 bridgehead atoms. The first-order chi connectivity index (χ1) is 13.9. The quantitative estimate of drug-likeness (QED) is 0.788. The monoisotopic (exact) mass is 418 g/mol. The Morgan fingerprint density at radius 1 is 1.24 bits per heavy atom. The maximum Gasteiger partial charge on any atom is 0.251 e. The highest BCUT2D eigenvalue weighted by Gasteiger charge is 2.51. The molecule has 1 saturated heterocycles. The van der Waals surface area contributed by atoms with Crippen LogP contribution in [0, 0.1) is 24.1 Å².